The van der Waals surface area contributed by atoms with E-state index in [0.717, 1.165) is 12.0 Å². The van der Waals surface area contributed by atoms with E-state index in [1.807, 2.05) is 6.92 Å². The lowest BCUT2D eigenvalue weighted by atomic mass is 10.1. The van der Waals surface area contributed by atoms with Crippen LogP contribution in [-0.2, 0) is 0 Å². The summed E-state index contributed by atoms with van der Waals surface area (Å²) in [5.74, 6) is 0.577. The predicted octanol–water partition coefficient (Wildman–Crippen LogP) is 3.89. The average molecular weight is 239 g/mol. The summed E-state index contributed by atoms with van der Waals surface area (Å²) in [5, 5.41) is 0.455. The SMILES string of the molecule is C=C(CC)COc1ccc(C(C)=O)cc1Cl. The molecule has 86 valence electrons. The van der Waals surface area contributed by atoms with Crippen molar-refractivity contribution in [2.75, 3.05) is 6.61 Å². The summed E-state index contributed by atoms with van der Waals surface area (Å²) < 4.78 is 5.48. The summed E-state index contributed by atoms with van der Waals surface area (Å²) in [7, 11) is 0. The number of Topliss-reactive ketones (excluding diaryl/α,β-unsaturated/α-hetero) is 1. The highest BCUT2D eigenvalue weighted by Crippen LogP contribution is 2.26. The van der Waals surface area contributed by atoms with Crippen molar-refractivity contribution < 1.29 is 9.53 Å². The van der Waals surface area contributed by atoms with Crippen LogP contribution in [0.15, 0.2) is 30.4 Å². The van der Waals surface area contributed by atoms with Gasteiger partial charge >= 0.3 is 0 Å². The molecular formula is C13H15ClO2. The van der Waals surface area contributed by atoms with Crippen molar-refractivity contribution in [3.8, 4) is 5.75 Å². The van der Waals surface area contributed by atoms with Gasteiger partial charge in [-0.3, -0.25) is 4.79 Å². The fourth-order valence-electron chi connectivity index (χ4n) is 1.12. The lowest BCUT2D eigenvalue weighted by molar-refractivity contribution is 0.101. The Balaban J connectivity index is 2.75. The van der Waals surface area contributed by atoms with E-state index in [1.165, 1.54) is 6.92 Å². The van der Waals surface area contributed by atoms with E-state index in [9.17, 15) is 4.79 Å². The van der Waals surface area contributed by atoms with Crippen molar-refractivity contribution in [2.24, 2.45) is 0 Å². The van der Waals surface area contributed by atoms with Crippen LogP contribution in [0.4, 0.5) is 0 Å². The number of hydrogen-bond acceptors (Lipinski definition) is 2. The Morgan fingerprint density at radius 1 is 1.50 bits per heavy atom. The van der Waals surface area contributed by atoms with Crippen molar-refractivity contribution in [3.63, 3.8) is 0 Å². The Morgan fingerprint density at radius 3 is 2.69 bits per heavy atom. The second-order valence-electron chi connectivity index (χ2n) is 3.59. The molecule has 0 aliphatic carbocycles. The van der Waals surface area contributed by atoms with E-state index in [0.29, 0.717) is 22.9 Å². The fraction of sp³-hybridized carbons (Fsp3) is 0.308. The van der Waals surface area contributed by atoms with E-state index in [-0.39, 0.29) is 5.78 Å². The second-order valence-corrected chi connectivity index (χ2v) is 4.00. The number of benzene rings is 1. The monoisotopic (exact) mass is 238 g/mol. The second kappa shape index (κ2) is 5.71. The molecule has 2 nitrogen and oxygen atoms in total. The lowest BCUT2D eigenvalue weighted by Gasteiger charge is -2.09. The van der Waals surface area contributed by atoms with Crippen LogP contribution in [0.3, 0.4) is 0 Å². The van der Waals surface area contributed by atoms with Gasteiger partial charge in [0, 0.05) is 5.56 Å². The van der Waals surface area contributed by atoms with Crippen molar-refractivity contribution in [2.45, 2.75) is 20.3 Å². The molecule has 0 aromatic heterocycles. The molecule has 0 spiro atoms. The van der Waals surface area contributed by atoms with Gasteiger partial charge in [-0.1, -0.05) is 25.1 Å². The third kappa shape index (κ3) is 3.38. The third-order valence-electron chi connectivity index (χ3n) is 2.27. The van der Waals surface area contributed by atoms with Crippen LogP contribution in [0, 0.1) is 0 Å². The van der Waals surface area contributed by atoms with Crippen LogP contribution in [0.25, 0.3) is 0 Å². The molecule has 0 atom stereocenters. The summed E-state index contributed by atoms with van der Waals surface area (Å²) in [6, 6.07) is 5.04. The number of carbonyl (C=O) groups excluding carboxylic acids is 1. The van der Waals surface area contributed by atoms with Gasteiger partial charge in [0.05, 0.1) is 5.02 Å². The first-order valence-corrected chi connectivity index (χ1v) is 5.52. The molecule has 1 rings (SSSR count). The van der Waals surface area contributed by atoms with E-state index >= 15 is 0 Å². The van der Waals surface area contributed by atoms with E-state index in [1.54, 1.807) is 18.2 Å². The van der Waals surface area contributed by atoms with Crippen LogP contribution in [0.2, 0.25) is 5.02 Å². The first-order valence-electron chi connectivity index (χ1n) is 5.14. The minimum atomic E-state index is -0.00795. The predicted molar refractivity (Wildman–Crippen MR) is 66.4 cm³/mol. The van der Waals surface area contributed by atoms with Gasteiger partial charge in [-0.2, -0.15) is 0 Å². The zero-order valence-electron chi connectivity index (χ0n) is 9.55. The molecule has 1 aromatic rings. The fourth-order valence-corrected chi connectivity index (χ4v) is 1.35. The van der Waals surface area contributed by atoms with Gasteiger partial charge in [0.1, 0.15) is 12.4 Å². The highest BCUT2D eigenvalue weighted by Gasteiger charge is 2.06. The lowest BCUT2D eigenvalue weighted by Crippen LogP contribution is -2.00. The van der Waals surface area contributed by atoms with Gasteiger partial charge in [-0.15, -0.1) is 0 Å². The van der Waals surface area contributed by atoms with Crippen molar-refractivity contribution in [1.29, 1.82) is 0 Å². The smallest absolute Gasteiger partial charge is 0.159 e. The van der Waals surface area contributed by atoms with Crippen LogP contribution in [0.1, 0.15) is 30.6 Å². The van der Waals surface area contributed by atoms with Gasteiger partial charge in [0.15, 0.2) is 5.78 Å². The Kier molecular flexibility index (Phi) is 4.56. The number of hydrogen-bond donors (Lipinski definition) is 0. The summed E-state index contributed by atoms with van der Waals surface area (Å²) >= 11 is 5.99. The molecule has 0 aliphatic rings. The Bertz CT molecular complexity index is 410. The zero-order chi connectivity index (χ0) is 12.1. The standard InChI is InChI=1S/C13H15ClO2/c1-4-9(2)8-16-13-6-5-11(10(3)15)7-12(13)14/h5-7H,2,4,8H2,1,3H3. The maximum Gasteiger partial charge on any atom is 0.159 e. The molecule has 0 N–H and O–H groups in total. The minimum absolute atomic E-state index is 0.00795. The van der Waals surface area contributed by atoms with Crippen LogP contribution in [-0.4, -0.2) is 12.4 Å². The molecule has 0 unspecified atom stereocenters. The van der Waals surface area contributed by atoms with E-state index in [2.05, 4.69) is 6.58 Å². The van der Waals surface area contributed by atoms with Gasteiger partial charge in [-0.25, -0.2) is 0 Å². The molecule has 3 heteroatoms. The van der Waals surface area contributed by atoms with Gasteiger partial charge in [0.2, 0.25) is 0 Å². The summed E-state index contributed by atoms with van der Waals surface area (Å²) in [6.45, 7) is 7.82. The molecule has 0 heterocycles. The van der Waals surface area contributed by atoms with Crippen molar-refractivity contribution in [3.05, 3.63) is 40.9 Å². The number of halogens is 1. The quantitative estimate of drug-likeness (QED) is 0.575. The average Bonchev–Trinajstić information content (AvgIpc) is 2.26. The topological polar surface area (TPSA) is 26.3 Å². The van der Waals surface area contributed by atoms with Crippen molar-refractivity contribution >= 4 is 17.4 Å². The maximum atomic E-state index is 11.1. The van der Waals surface area contributed by atoms with Gasteiger partial charge in [-0.05, 0) is 37.1 Å². The van der Waals surface area contributed by atoms with Gasteiger partial charge in [0.25, 0.3) is 0 Å². The molecule has 1 aromatic carbocycles. The molecule has 0 fully saturated rings. The molecule has 0 bridgehead atoms. The molecule has 0 saturated heterocycles. The molecule has 0 amide bonds. The van der Waals surface area contributed by atoms with Crippen molar-refractivity contribution in [1.82, 2.24) is 0 Å². The zero-order valence-corrected chi connectivity index (χ0v) is 10.3. The molecular weight excluding hydrogens is 224 g/mol. The third-order valence-corrected chi connectivity index (χ3v) is 2.57. The largest absolute Gasteiger partial charge is 0.488 e. The minimum Gasteiger partial charge on any atom is -0.488 e. The van der Waals surface area contributed by atoms with Crippen LogP contribution < -0.4 is 4.74 Å². The normalized spacial score (nSPS) is 9.94. The first-order chi connectivity index (χ1) is 7.54. The van der Waals surface area contributed by atoms with E-state index < -0.39 is 0 Å². The summed E-state index contributed by atoms with van der Waals surface area (Å²) in [6.07, 6.45) is 0.878. The van der Waals surface area contributed by atoms with Gasteiger partial charge < -0.3 is 4.74 Å². The van der Waals surface area contributed by atoms with Crippen LogP contribution in [0.5, 0.6) is 5.75 Å². The summed E-state index contributed by atoms with van der Waals surface area (Å²) in [4.78, 5) is 11.1. The highest BCUT2D eigenvalue weighted by atomic mass is 35.5. The van der Waals surface area contributed by atoms with E-state index in [4.69, 9.17) is 16.3 Å². The Hall–Kier alpha value is -1.28. The highest BCUT2D eigenvalue weighted by molar-refractivity contribution is 6.32. The number of rotatable bonds is 5. The Morgan fingerprint density at radius 2 is 2.19 bits per heavy atom. The number of carbonyl (C=O) groups is 1. The molecule has 16 heavy (non-hydrogen) atoms. The molecule has 0 saturated carbocycles. The molecule has 0 radical (unpaired) electrons. The summed E-state index contributed by atoms with van der Waals surface area (Å²) in [5.41, 5.74) is 1.60. The Labute approximate surface area is 101 Å². The number of ketones is 1. The first kappa shape index (κ1) is 12.8. The van der Waals surface area contributed by atoms with Crippen LogP contribution >= 0.6 is 11.6 Å². The maximum absolute atomic E-state index is 11.1. The molecule has 0 aliphatic heterocycles. The number of ether oxygens (including phenoxy) is 1.